The molecule has 2 aromatic heterocycles. The van der Waals surface area contributed by atoms with Gasteiger partial charge >= 0.3 is 6.03 Å². The fraction of sp³-hybridized carbons (Fsp3) is 0.188. The van der Waals surface area contributed by atoms with E-state index in [1.807, 2.05) is 44.2 Å². The molecular weight excluding hydrogens is 280 g/mol. The van der Waals surface area contributed by atoms with E-state index in [1.54, 1.807) is 12.3 Å². The van der Waals surface area contributed by atoms with E-state index >= 15 is 0 Å². The molecule has 0 fully saturated rings. The topological polar surface area (TPSA) is 83.0 Å². The third-order valence-electron chi connectivity index (χ3n) is 3.16. The zero-order valence-electron chi connectivity index (χ0n) is 12.4. The lowest BCUT2D eigenvalue weighted by Crippen LogP contribution is -2.20. The van der Waals surface area contributed by atoms with Gasteiger partial charge in [-0.25, -0.2) is 9.78 Å². The summed E-state index contributed by atoms with van der Waals surface area (Å²) in [6, 6.07) is 10.5. The van der Waals surface area contributed by atoms with Gasteiger partial charge < -0.3 is 10.5 Å². The number of para-hydroxylation sites is 1. The minimum atomic E-state index is -0.616. The van der Waals surface area contributed by atoms with Gasteiger partial charge in [0.25, 0.3) is 0 Å². The summed E-state index contributed by atoms with van der Waals surface area (Å²) in [4.78, 5) is 15.7. The number of ether oxygens (including phenoxy) is 1. The summed E-state index contributed by atoms with van der Waals surface area (Å²) < 4.78 is 6.81. The fourth-order valence-electron chi connectivity index (χ4n) is 2.31. The maximum Gasteiger partial charge on any atom is 0.340 e. The molecule has 1 aromatic carbocycles. The second-order valence-electron chi connectivity index (χ2n) is 5.17. The van der Waals surface area contributed by atoms with Crippen molar-refractivity contribution >= 4 is 16.9 Å². The minimum absolute atomic E-state index is 0.0303. The second-order valence-corrected chi connectivity index (χ2v) is 5.17. The summed E-state index contributed by atoms with van der Waals surface area (Å²) in [6.45, 7) is 3.87. The highest BCUT2D eigenvalue weighted by atomic mass is 16.5. The van der Waals surface area contributed by atoms with Crippen molar-refractivity contribution in [1.29, 1.82) is 0 Å². The third-order valence-corrected chi connectivity index (χ3v) is 3.16. The average Bonchev–Trinajstić information content (AvgIpc) is 2.86. The summed E-state index contributed by atoms with van der Waals surface area (Å²) in [5.41, 5.74) is 7.56. The Balaban J connectivity index is 2.16. The molecule has 22 heavy (non-hydrogen) atoms. The molecule has 1 amide bonds. The number of rotatable bonds is 3. The Morgan fingerprint density at radius 3 is 2.77 bits per heavy atom. The third kappa shape index (κ3) is 2.50. The van der Waals surface area contributed by atoms with Gasteiger partial charge in [0, 0.05) is 23.2 Å². The molecule has 0 aliphatic carbocycles. The number of amides is 1. The number of nitrogens with two attached hydrogens (primary N) is 1. The van der Waals surface area contributed by atoms with Crippen LogP contribution < -0.4 is 10.5 Å². The number of fused-ring (bicyclic) bond motifs is 1. The van der Waals surface area contributed by atoms with E-state index in [1.165, 1.54) is 4.68 Å². The van der Waals surface area contributed by atoms with Gasteiger partial charge in [-0.1, -0.05) is 18.2 Å². The summed E-state index contributed by atoms with van der Waals surface area (Å²) in [7, 11) is 0. The first-order valence-electron chi connectivity index (χ1n) is 6.97. The quantitative estimate of drug-likeness (QED) is 0.805. The van der Waals surface area contributed by atoms with Gasteiger partial charge in [0.05, 0.1) is 11.6 Å². The van der Waals surface area contributed by atoms with Gasteiger partial charge in [0.2, 0.25) is 5.88 Å². The highest BCUT2D eigenvalue weighted by Gasteiger charge is 2.15. The Morgan fingerprint density at radius 1 is 1.27 bits per heavy atom. The fourth-order valence-corrected chi connectivity index (χ4v) is 2.31. The SMILES string of the molecule is CC(C)Oc1cc(-c2nn(C(N)=O)c3ccccc23)ccn1. The van der Waals surface area contributed by atoms with Crippen molar-refractivity contribution in [1.82, 2.24) is 14.8 Å². The normalized spacial score (nSPS) is 11.0. The Hall–Kier alpha value is -2.89. The van der Waals surface area contributed by atoms with Gasteiger partial charge in [0.1, 0.15) is 5.69 Å². The predicted molar refractivity (Wildman–Crippen MR) is 83.7 cm³/mol. The Morgan fingerprint density at radius 2 is 2.05 bits per heavy atom. The Bertz CT molecular complexity index is 839. The first-order chi connectivity index (χ1) is 10.6. The van der Waals surface area contributed by atoms with Crippen LogP contribution in [-0.4, -0.2) is 26.9 Å². The zero-order valence-corrected chi connectivity index (χ0v) is 12.4. The van der Waals surface area contributed by atoms with Gasteiger partial charge in [0.15, 0.2) is 0 Å². The van der Waals surface area contributed by atoms with Crippen molar-refractivity contribution in [3.63, 3.8) is 0 Å². The second kappa shape index (κ2) is 5.48. The summed E-state index contributed by atoms with van der Waals surface area (Å²) in [6.07, 6.45) is 1.69. The standard InChI is InChI=1S/C16H16N4O2/c1-10(2)22-14-9-11(7-8-18-14)15-12-5-3-4-6-13(12)20(19-15)16(17)21/h3-10H,1-2H3,(H2,17,21). The van der Waals surface area contributed by atoms with Crippen LogP contribution in [0.5, 0.6) is 5.88 Å². The molecule has 2 heterocycles. The number of hydrogen-bond donors (Lipinski definition) is 1. The Kier molecular flexibility index (Phi) is 3.50. The number of carbonyl (C=O) groups excluding carboxylic acids is 1. The van der Waals surface area contributed by atoms with Gasteiger partial charge in [-0.2, -0.15) is 9.78 Å². The number of benzene rings is 1. The number of hydrogen-bond acceptors (Lipinski definition) is 4. The van der Waals surface area contributed by atoms with Crippen LogP contribution in [0.3, 0.4) is 0 Å². The van der Waals surface area contributed by atoms with E-state index in [9.17, 15) is 4.79 Å². The monoisotopic (exact) mass is 296 g/mol. The van der Waals surface area contributed by atoms with Crippen molar-refractivity contribution in [2.45, 2.75) is 20.0 Å². The molecule has 3 rings (SSSR count). The zero-order chi connectivity index (χ0) is 15.7. The van der Waals surface area contributed by atoms with Crippen LogP contribution >= 0.6 is 0 Å². The number of pyridine rings is 1. The largest absolute Gasteiger partial charge is 0.475 e. The number of carbonyl (C=O) groups is 1. The molecule has 0 spiro atoms. The van der Waals surface area contributed by atoms with Gasteiger partial charge in [-0.05, 0) is 26.0 Å². The molecule has 0 saturated carbocycles. The van der Waals surface area contributed by atoms with E-state index < -0.39 is 6.03 Å². The predicted octanol–water partition coefficient (Wildman–Crippen LogP) is 2.81. The van der Waals surface area contributed by atoms with Crippen LogP contribution in [0.15, 0.2) is 42.6 Å². The van der Waals surface area contributed by atoms with E-state index in [0.717, 1.165) is 10.9 Å². The maximum absolute atomic E-state index is 11.6. The molecule has 6 heteroatoms. The highest BCUT2D eigenvalue weighted by Crippen LogP contribution is 2.29. The molecule has 0 atom stereocenters. The molecule has 6 nitrogen and oxygen atoms in total. The van der Waals surface area contributed by atoms with Gasteiger partial charge in [-0.15, -0.1) is 0 Å². The molecule has 3 aromatic rings. The average molecular weight is 296 g/mol. The molecule has 0 bridgehead atoms. The molecule has 112 valence electrons. The lowest BCUT2D eigenvalue weighted by molar-refractivity contribution is 0.233. The van der Waals surface area contributed by atoms with E-state index in [0.29, 0.717) is 17.1 Å². The smallest absolute Gasteiger partial charge is 0.340 e. The van der Waals surface area contributed by atoms with Gasteiger partial charge in [-0.3, -0.25) is 0 Å². The van der Waals surface area contributed by atoms with E-state index in [4.69, 9.17) is 10.5 Å². The van der Waals surface area contributed by atoms with Crippen LogP contribution in [-0.2, 0) is 0 Å². The molecule has 2 N–H and O–H groups in total. The van der Waals surface area contributed by atoms with Crippen molar-refractivity contribution in [3.8, 4) is 17.1 Å². The van der Waals surface area contributed by atoms with Crippen LogP contribution in [0.4, 0.5) is 4.79 Å². The maximum atomic E-state index is 11.6. The molecule has 0 unspecified atom stereocenters. The van der Waals surface area contributed by atoms with E-state index in [-0.39, 0.29) is 6.10 Å². The van der Waals surface area contributed by atoms with Crippen molar-refractivity contribution in [2.24, 2.45) is 5.73 Å². The Labute approximate surface area is 127 Å². The summed E-state index contributed by atoms with van der Waals surface area (Å²) in [5, 5.41) is 5.19. The lowest BCUT2D eigenvalue weighted by atomic mass is 10.1. The number of primary amides is 1. The van der Waals surface area contributed by atoms with E-state index in [2.05, 4.69) is 10.1 Å². The lowest BCUT2D eigenvalue weighted by Gasteiger charge is -2.08. The highest BCUT2D eigenvalue weighted by molar-refractivity contribution is 5.98. The number of aromatic nitrogens is 3. The molecule has 0 aliphatic rings. The molecule has 0 aliphatic heterocycles. The summed E-state index contributed by atoms with van der Waals surface area (Å²) in [5.74, 6) is 0.519. The van der Waals surface area contributed by atoms with Crippen LogP contribution in [0.2, 0.25) is 0 Å². The van der Waals surface area contributed by atoms with Crippen LogP contribution in [0.25, 0.3) is 22.2 Å². The first kappa shape index (κ1) is 14.1. The van der Waals surface area contributed by atoms with Crippen LogP contribution in [0, 0.1) is 0 Å². The van der Waals surface area contributed by atoms with Crippen molar-refractivity contribution < 1.29 is 9.53 Å². The molecule has 0 radical (unpaired) electrons. The molecular formula is C16H16N4O2. The summed E-state index contributed by atoms with van der Waals surface area (Å²) >= 11 is 0. The van der Waals surface area contributed by atoms with Crippen molar-refractivity contribution in [2.75, 3.05) is 0 Å². The molecule has 0 saturated heterocycles. The number of nitrogens with zero attached hydrogens (tertiary/aromatic N) is 3. The van der Waals surface area contributed by atoms with Crippen LogP contribution in [0.1, 0.15) is 13.8 Å². The first-order valence-corrected chi connectivity index (χ1v) is 6.97. The minimum Gasteiger partial charge on any atom is -0.475 e. The van der Waals surface area contributed by atoms with Crippen molar-refractivity contribution in [3.05, 3.63) is 42.6 Å².